The van der Waals surface area contributed by atoms with E-state index in [-0.39, 0.29) is 0 Å². The normalized spacial score (nSPS) is 21.2. The van der Waals surface area contributed by atoms with Crippen molar-refractivity contribution in [1.82, 2.24) is 0 Å². The van der Waals surface area contributed by atoms with Crippen molar-refractivity contribution in [3.05, 3.63) is 18.6 Å². The molecule has 0 saturated heterocycles. The van der Waals surface area contributed by atoms with Crippen LogP contribution in [0.25, 0.3) is 0 Å². The lowest BCUT2D eigenvalue weighted by molar-refractivity contribution is 0.554. The number of allylic oxidation sites excluding steroid dienone is 2. The summed E-state index contributed by atoms with van der Waals surface area (Å²) in [6, 6.07) is 0. The molecule has 0 fully saturated rings. The highest BCUT2D eigenvalue weighted by Crippen LogP contribution is 2.22. The minimum atomic E-state index is 0.811. The van der Waals surface area contributed by atoms with Gasteiger partial charge in [-0.15, -0.1) is 0 Å². The maximum absolute atomic E-state index is 2.44. The van der Waals surface area contributed by atoms with Crippen LogP contribution in [-0.2, 0) is 0 Å². The first-order chi connectivity index (χ1) is 6.43. The first-order valence-corrected chi connectivity index (χ1v) is 5.93. The Morgan fingerprint density at radius 3 is 2.54 bits per heavy atom. The van der Waals surface area contributed by atoms with Gasteiger partial charge in [-0.05, 0) is 25.2 Å². The molecule has 0 heterocycles. The fourth-order valence-electron chi connectivity index (χ4n) is 1.96. The van der Waals surface area contributed by atoms with Crippen molar-refractivity contribution in [1.29, 1.82) is 0 Å². The summed E-state index contributed by atoms with van der Waals surface area (Å²) in [7, 11) is 0. The van der Waals surface area contributed by atoms with Crippen LogP contribution in [-0.4, -0.2) is 0 Å². The number of unbranched alkanes of at least 4 members (excludes halogenated alkanes) is 5. The molecule has 1 aliphatic rings. The third-order valence-electron chi connectivity index (χ3n) is 2.85. The Hall–Kier alpha value is -0.260. The average Bonchev–Trinajstić information content (AvgIpc) is 2.63. The van der Waals surface area contributed by atoms with Crippen molar-refractivity contribution in [2.24, 2.45) is 5.92 Å². The largest absolute Gasteiger partial charge is 0.0879 e. The van der Waals surface area contributed by atoms with Gasteiger partial charge in [-0.1, -0.05) is 57.6 Å². The van der Waals surface area contributed by atoms with Gasteiger partial charge < -0.3 is 0 Å². The smallest absolute Gasteiger partial charge is 0.0199 e. The topological polar surface area (TPSA) is 0 Å². The quantitative estimate of drug-likeness (QED) is 0.398. The van der Waals surface area contributed by atoms with E-state index in [0.29, 0.717) is 0 Å². The molecule has 0 aromatic heterocycles. The SMILES string of the molecule is CCCCCCCCC1[CH]CC=C1. The zero-order chi connectivity index (χ0) is 9.36. The van der Waals surface area contributed by atoms with E-state index in [4.69, 9.17) is 0 Å². The van der Waals surface area contributed by atoms with Crippen LogP contribution in [0.1, 0.15) is 58.3 Å². The van der Waals surface area contributed by atoms with Gasteiger partial charge in [-0.3, -0.25) is 0 Å². The molecule has 75 valence electrons. The Labute approximate surface area is 83.4 Å². The molecule has 1 unspecified atom stereocenters. The summed E-state index contributed by atoms with van der Waals surface area (Å²) < 4.78 is 0. The Morgan fingerprint density at radius 1 is 1.08 bits per heavy atom. The molecule has 0 aliphatic heterocycles. The summed E-state index contributed by atoms with van der Waals surface area (Å²) in [4.78, 5) is 0. The minimum Gasteiger partial charge on any atom is -0.0879 e. The van der Waals surface area contributed by atoms with Crippen LogP contribution in [0.5, 0.6) is 0 Å². The molecule has 0 N–H and O–H groups in total. The van der Waals surface area contributed by atoms with E-state index in [2.05, 4.69) is 25.5 Å². The minimum absolute atomic E-state index is 0.811. The van der Waals surface area contributed by atoms with Crippen molar-refractivity contribution in [2.75, 3.05) is 0 Å². The molecule has 1 radical (unpaired) electrons. The Balaban J connectivity index is 1.81. The van der Waals surface area contributed by atoms with Crippen LogP contribution < -0.4 is 0 Å². The van der Waals surface area contributed by atoms with Crippen molar-refractivity contribution < 1.29 is 0 Å². The van der Waals surface area contributed by atoms with Crippen LogP contribution >= 0.6 is 0 Å². The van der Waals surface area contributed by atoms with Crippen LogP contribution in [0.4, 0.5) is 0 Å². The van der Waals surface area contributed by atoms with E-state index >= 15 is 0 Å². The zero-order valence-electron chi connectivity index (χ0n) is 8.97. The Bertz CT molecular complexity index is 135. The van der Waals surface area contributed by atoms with Gasteiger partial charge in [0.05, 0.1) is 0 Å². The molecule has 0 amide bonds. The van der Waals surface area contributed by atoms with Crippen molar-refractivity contribution in [3.63, 3.8) is 0 Å². The molecule has 0 spiro atoms. The second-order valence-corrected chi connectivity index (χ2v) is 4.12. The summed E-state index contributed by atoms with van der Waals surface area (Å²) >= 11 is 0. The maximum Gasteiger partial charge on any atom is -0.0199 e. The van der Waals surface area contributed by atoms with E-state index in [9.17, 15) is 0 Å². The molecule has 0 nitrogen and oxygen atoms in total. The Morgan fingerprint density at radius 2 is 1.85 bits per heavy atom. The third kappa shape index (κ3) is 5.13. The van der Waals surface area contributed by atoms with E-state index < -0.39 is 0 Å². The first kappa shape index (κ1) is 10.8. The second-order valence-electron chi connectivity index (χ2n) is 4.12. The van der Waals surface area contributed by atoms with Gasteiger partial charge in [0.15, 0.2) is 0 Å². The second kappa shape index (κ2) is 7.17. The zero-order valence-corrected chi connectivity index (χ0v) is 8.97. The van der Waals surface area contributed by atoms with Gasteiger partial charge in [-0.2, -0.15) is 0 Å². The van der Waals surface area contributed by atoms with E-state index in [1.807, 2.05) is 0 Å². The van der Waals surface area contributed by atoms with Crippen molar-refractivity contribution >= 4 is 0 Å². The predicted molar refractivity (Wildman–Crippen MR) is 59.5 cm³/mol. The highest BCUT2D eigenvalue weighted by molar-refractivity contribution is 5.05. The van der Waals surface area contributed by atoms with Gasteiger partial charge >= 0.3 is 0 Å². The third-order valence-corrected chi connectivity index (χ3v) is 2.85. The predicted octanol–water partition coefficient (Wildman–Crippen LogP) is 4.52. The standard InChI is InChI=1S/C13H23/c1-2-3-4-5-6-7-10-13-11-8-9-12-13/h8,11-13H,2-7,9-10H2,1H3. The van der Waals surface area contributed by atoms with Crippen molar-refractivity contribution in [3.8, 4) is 0 Å². The van der Waals surface area contributed by atoms with E-state index in [1.54, 1.807) is 0 Å². The lowest BCUT2D eigenvalue weighted by atomic mass is 10.00. The summed E-state index contributed by atoms with van der Waals surface area (Å²) in [6.45, 7) is 2.28. The van der Waals surface area contributed by atoms with Gasteiger partial charge in [0, 0.05) is 0 Å². The highest BCUT2D eigenvalue weighted by atomic mass is 14.1. The molecule has 0 bridgehead atoms. The summed E-state index contributed by atoms with van der Waals surface area (Å²) in [5.41, 5.74) is 0. The fraction of sp³-hybridized carbons (Fsp3) is 0.769. The van der Waals surface area contributed by atoms with Crippen molar-refractivity contribution in [2.45, 2.75) is 58.3 Å². The molecular formula is C13H23. The van der Waals surface area contributed by atoms with Crippen LogP contribution in [0.2, 0.25) is 0 Å². The molecule has 0 aromatic carbocycles. The number of rotatable bonds is 7. The molecule has 1 atom stereocenters. The van der Waals surface area contributed by atoms with Gasteiger partial charge in [0.1, 0.15) is 0 Å². The lowest BCUT2D eigenvalue weighted by Gasteiger charge is -2.06. The summed E-state index contributed by atoms with van der Waals surface area (Å²) in [6.07, 6.45) is 18.2. The highest BCUT2D eigenvalue weighted by Gasteiger charge is 2.07. The molecule has 1 aliphatic carbocycles. The monoisotopic (exact) mass is 179 g/mol. The van der Waals surface area contributed by atoms with E-state index in [1.165, 1.54) is 51.4 Å². The van der Waals surface area contributed by atoms with Gasteiger partial charge in [0.2, 0.25) is 0 Å². The maximum atomic E-state index is 2.44. The number of hydrogen-bond acceptors (Lipinski definition) is 0. The van der Waals surface area contributed by atoms with Gasteiger partial charge in [0.25, 0.3) is 0 Å². The lowest BCUT2D eigenvalue weighted by Crippen LogP contribution is -1.92. The van der Waals surface area contributed by atoms with Crippen LogP contribution in [0.15, 0.2) is 12.2 Å². The Kier molecular flexibility index (Phi) is 5.97. The average molecular weight is 179 g/mol. The van der Waals surface area contributed by atoms with Gasteiger partial charge in [-0.25, -0.2) is 0 Å². The molecule has 1 rings (SSSR count). The summed E-state index contributed by atoms with van der Waals surface area (Å²) in [5, 5.41) is 0. The van der Waals surface area contributed by atoms with E-state index in [0.717, 1.165) is 5.92 Å². The molecule has 0 heteroatoms. The first-order valence-electron chi connectivity index (χ1n) is 5.93. The summed E-state index contributed by atoms with van der Waals surface area (Å²) in [5.74, 6) is 0.811. The van der Waals surface area contributed by atoms with Crippen LogP contribution in [0.3, 0.4) is 0 Å². The fourth-order valence-corrected chi connectivity index (χ4v) is 1.96. The number of hydrogen-bond donors (Lipinski definition) is 0. The molecular weight excluding hydrogens is 156 g/mol. The molecule has 13 heavy (non-hydrogen) atoms. The molecule has 0 saturated carbocycles. The molecule has 0 aromatic rings. The van der Waals surface area contributed by atoms with Crippen LogP contribution in [0, 0.1) is 12.3 Å².